The quantitative estimate of drug-likeness (QED) is 0.541. The molecule has 118 valence electrons. The zero-order chi connectivity index (χ0) is 16.3. The summed E-state index contributed by atoms with van der Waals surface area (Å²) in [6.45, 7) is 1.45. The van der Waals surface area contributed by atoms with Gasteiger partial charge >= 0.3 is 5.97 Å². The first kappa shape index (κ1) is 16.8. The van der Waals surface area contributed by atoms with Crippen molar-refractivity contribution in [2.45, 2.75) is 25.9 Å². The maximum atomic E-state index is 11.2. The Bertz CT molecular complexity index is 642. The van der Waals surface area contributed by atoms with Crippen molar-refractivity contribution in [3.8, 4) is 0 Å². The van der Waals surface area contributed by atoms with Gasteiger partial charge in [0.1, 0.15) is 6.10 Å². The molecule has 0 amide bonds. The Morgan fingerprint density at radius 1 is 1.00 bits per heavy atom. The van der Waals surface area contributed by atoms with Gasteiger partial charge in [0.15, 0.2) is 0 Å². The van der Waals surface area contributed by atoms with Crippen LogP contribution in [0.3, 0.4) is 0 Å². The van der Waals surface area contributed by atoms with Gasteiger partial charge in [0.25, 0.3) is 0 Å². The van der Waals surface area contributed by atoms with Gasteiger partial charge in [-0.25, -0.2) is 0 Å². The van der Waals surface area contributed by atoms with Gasteiger partial charge in [-0.1, -0.05) is 78.9 Å². The third-order valence-electron chi connectivity index (χ3n) is 3.40. The fraction of sp³-hybridized carbons (Fsp3) is 0.190. The fourth-order valence-corrected chi connectivity index (χ4v) is 2.28. The molecule has 0 aliphatic rings. The Hall–Kier alpha value is -2.61. The van der Waals surface area contributed by atoms with Gasteiger partial charge in [0, 0.05) is 6.92 Å². The third kappa shape index (κ3) is 6.79. The first-order chi connectivity index (χ1) is 11.2. The minimum Gasteiger partial charge on any atom is -0.458 e. The SMILES string of the molecule is CC(=O)OC(/C=C/C=C/c1ccccc1)CCc1ccccc1. The van der Waals surface area contributed by atoms with E-state index in [4.69, 9.17) is 4.74 Å². The van der Waals surface area contributed by atoms with Crippen molar-refractivity contribution in [3.63, 3.8) is 0 Å². The molecule has 23 heavy (non-hydrogen) atoms. The molecule has 0 heterocycles. The van der Waals surface area contributed by atoms with E-state index in [-0.39, 0.29) is 12.1 Å². The zero-order valence-electron chi connectivity index (χ0n) is 13.4. The van der Waals surface area contributed by atoms with E-state index < -0.39 is 0 Å². The lowest BCUT2D eigenvalue weighted by molar-refractivity contribution is -0.144. The molecule has 0 saturated heterocycles. The van der Waals surface area contributed by atoms with Crippen LogP contribution in [0.25, 0.3) is 6.08 Å². The average molecular weight is 306 g/mol. The molecule has 0 fully saturated rings. The molecular weight excluding hydrogens is 284 g/mol. The van der Waals surface area contributed by atoms with Gasteiger partial charge in [0.2, 0.25) is 0 Å². The predicted octanol–water partition coefficient (Wildman–Crippen LogP) is 4.82. The minimum atomic E-state index is -0.250. The first-order valence-electron chi connectivity index (χ1n) is 7.85. The normalized spacial score (nSPS) is 12.6. The highest BCUT2D eigenvalue weighted by atomic mass is 16.5. The molecule has 1 unspecified atom stereocenters. The van der Waals surface area contributed by atoms with E-state index in [0.29, 0.717) is 0 Å². The van der Waals surface area contributed by atoms with E-state index in [0.717, 1.165) is 18.4 Å². The van der Waals surface area contributed by atoms with Gasteiger partial charge in [-0.05, 0) is 30.0 Å². The van der Waals surface area contributed by atoms with Crippen LogP contribution >= 0.6 is 0 Å². The van der Waals surface area contributed by atoms with E-state index in [1.807, 2.05) is 72.8 Å². The number of carbonyl (C=O) groups excluding carboxylic acids is 1. The Kier molecular flexibility index (Phi) is 6.86. The summed E-state index contributed by atoms with van der Waals surface area (Å²) >= 11 is 0. The second kappa shape index (κ2) is 9.42. The van der Waals surface area contributed by atoms with Crippen molar-refractivity contribution in [3.05, 3.63) is 90.0 Å². The van der Waals surface area contributed by atoms with Crippen LogP contribution in [0.2, 0.25) is 0 Å². The zero-order valence-corrected chi connectivity index (χ0v) is 13.4. The van der Waals surface area contributed by atoms with Gasteiger partial charge < -0.3 is 4.74 Å². The van der Waals surface area contributed by atoms with Crippen molar-refractivity contribution in [1.29, 1.82) is 0 Å². The number of esters is 1. The van der Waals surface area contributed by atoms with E-state index in [1.54, 1.807) is 0 Å². The smallest absolute Gasteiger partial charge is 0.303 e. The Balaban J connectivity index is 1.91. The first-order valence-corrected chi connectivity index (χ1v) is 7.85. The Morgan fingerprint density at radius 2 is 1.65 bits per heavy atom. The van der Waals surface area contributed by atoms with E-state index >= 15 is 0 Å². The number of rotatable bonds is 7. The van der Waals surface area contributed by atoms with Gasteiger partial charge in [-0.15, -0.1) is 0 Å². The van der Waals surface area contributed by atoms with Gasteiger partial charge in [0.05, 0.1) is 0 Å². The third-order valence-corrected chi connectivity index (χ3v) is 3.40. The van der Waals surface area contributed by atoms with E-state index in [1.165, 1.54) is 12.5 Å². The summed E-state index contributed by atoms with van der Waals surface area (Å²) in [4.78, 5) is 11.2. The van der Waals surface area contributed by atoms with E-state index in [9.17, 15) is 4.79 Å². The molecule has 0 bridgehead atoms. The molecule has 2 aromatic rings. The lowest BCUT2D eigenvalue weighted by Gasteiger charge is -2.12. The van der Waals surface area contributed by atoms with Crippen LogP contribution in [0, 0.1) is 0 Å². The van der Waals surface area contributed by atoms with Crippen molar-refractivity contribution in [2.24, 2.45) is 0 Å². The molecule has 0 aliphatic heterocycles. The van der Waals surface area contributed by atoms with Crippen LogP contribution in [0.4, 0.5) is 0 Å². The molecule has 2 heteroatoms. The highest BCUT2D eigenvalue weighted by Gasteiger charge is 2.08. The average Bonchev–Trinajstić information content (AvgIpc) is 2.58. The summed E-state index contributed by atoms with van der Waals surface area (Å²) in [6.07, 6.45) is 9.32. The van der Waals surface area contributed by atoms with Crippen molar-refractivity contribution in [1.82, 2.24) is 0 Å². The Morgan fingerprint density at radius 3 is 2.30 bits per heavy atom. The van der Waals surface area contributed by atoms with Crippen LogP contribution in [0.1, 0.15) is 24.5 Å². The topological polar surface area (TPSA) is 26.3 Å². The number of hydrogen-bond acceptors (Lipinski definition) is 2. The predicted molar refractivity (Wildman–Crippen MR) is 94.9 cm³/mol. The minimum absolute atomic E-state index is 0.201. The molecule has 0 aromatic heterocycles. The van der Waals surface area contributed by atoms with Crippen LogP contribution < -0.4 is 0 Å². The monoisotopic (exact) mass is 306 g/mol. The summed E-state index contributed by atoms with van der Waals surface area (Å²) in [5, 5.41) is 0. The molecule has 2 rings (SSSR count). The molecule has 0 saturated carbocycles. The summed E-state index contributed by atoms with van der Waals surface area (Å²) in [6, 6.07) is 20.3. The van der Waals surface area contributed by atoms with E-state index in [2.05, 4.69) is 12.1 Å². The lowest BCUT2D eigenvalue weighted by Crippen LogP contribution is -2.14. The molecule has 0 N–H and O–H groups in total. The number of aryl methyl sites for hydroxylation is 1. The Labute approximate surface area is 138 Å². The highest BCUT2D eigenvalue weighted by Crippen LogP contribution is 2.09. The second-order valence-corrected chi connectivity index (χ2v) is 5.33. The molecule has 2 aromatic carbocycles. The number of carbonyl (C=O) groups is 1. The molecule has 1 atom stereocenters. The molecule has 0 aliphatic carbocycles. The van der Waals surface area contributed by atoms with Crippen LogP contribution in [0.5, 0.6) is 0 Å². The number of ether oxygens (including phenoxy) is 1. The molecule has 0 spiro atoms. The number of benzene rings is 2. The van der Waals surface area contributed by atoms with Crippen LogP contribution in [0.15, 0.2) is 78.9 Å². The number of allylic oxidation sites excluding steroid dienone is 2. The number of hydrogen-bond donors (Lipinski definition) is 0. The lowest BCUT2D eigenvalue weighted by atomic mass is 10.1. The van der Waals surface area contributed by atoms with Crippen molar-refractivity contribution < 1.29 is 9.53 Å². The van der Waals surface area contributed by atoms with Crippen LogP contribution in [-0.2, 0) is 16.0 Å². The molecular formula is C21H22O2. The summed E-state index contributed by atoms with van der Waals surface area (Å²) in [5.41, 5.74) is 2.39. The summed E-state index contributed by atoms with van der Waals surface area (Å²) in [7, 11) is 0. The molecule has 0 radical (unpaired) electrons. The molecule has 2 nitrogen and oxygen atoms in total. The van der Waals surface area contributed by atoms with Gasteiger partial charge in [-0.2, -0.15) is 0 Å². The van der Waals surface area contributed by atoms with Crippen molar-refractivity contribution >= 4 is 12.0 Å². The maximum absolute atomic E-state index is 11.2. The highest BCUT2D eigenvalue weighted by molar-refractivity contribution is 5.66. The largest absolute Gasteiger partial charge is 0.458 e. The van der Waals surface area contributed by atoms with Crippen LogP contribution in [-0.4, -0.2) is 12.1 Å². The summed E-state index contributed by atoms with van der Waals surface area (Å²) < 4.78 is 5.36. The van der Waals surface area contributed by atoms with Crippen molar-refractivity contribution in [2.75, 3.05) is 0 Å². The second-order valence-electron chi connectivity index (χ2n) is 5.33. The maximum Gasteiger partial charge on any atom is 0.303 e. The summed E-state index contributed by atoms with van der Waals surface area (Å²) in [5.74, 6) is -0.250. The van der Waals surface area contributed by atoms with Gasteiger partial charge in [-0.3, -0.25) is 4.79 Å². The fourth-order valence-electron chi connectivity index (χ4n) is 2.28. The standard InChI is InChI=1S/C21H22O2/c1-18(22)23-21(17-16-20-12-6-3-7-13-20)15-9-8-14-19-10-4-2-5-11-19/h2-15,21H,16-17H2,1H3/b14-8+,15-9+.